The second-order valence-corrected chi connectivity index (χ2v) is 31.3. The van der Waals surface area contributed by atoms with E-state index in [0.717, 1.165) is 132 Å². The van der Waals surface area contributed by atoms with E-state index in [9.17, 15) is 46.0 Å². The van der Waals surface area contributed by atoms with Crippen molar-refractivity contribution < 1.29 is 46.0 Å². The van der Waals surface area contributed by atoms with E-state index in [-0.39, 0.29) is 23.7 Å². The van der Waals surface area contributed by atoms with Crippen molar-refractivity contribution in [3.63, 3.8) is 0 Å². The number of aliphatic hydroxyl groups is 4. The molecule has 10 atom stereocenters. The van der Waals surface area contributed by atoms with Crippen LogP contribution in [0.5, 0.6) is 0 Å². The molecule has 0 amide bonds. The lowest BCUT2D eigenvalue weighted by Gasteiger charge is -2.34. The number of fused-ring (bicyclic) bond motifs is 4. The van der Waals surface area contributed by atoms with Crippen molar-refractivity contribution in [3.05, 3.63) is 144 Å². The maximum Gasteiger partial charge on any atom is 0.211 e. The number of hydrogen-bond acceptors (Lipinski definition) is 12. The highest BCUT2D eigenvalue weighted by Crippen LogP contribution is 2.52. The number of pyridine rings is 4. The highest BCUT2D eigenvalue weighted by Gasteiger charge is 2.44. The summed E-state index contributed by atoms with van der Waals surface area (Å²) in [5.74, 6) is 1.43. The molecule has 8 aromatic heterocycles. The van der Waals surface area contributed by atoms with E-state index in [1.807, 2.05) is 54.5 Å². The van der Waals surface area contributed by atoms with Gasteiger partial charge in [0.2, 0.25) is 20.0 Å². The molecule has 0 bridgehead atoms. The van der Waals surface area contributed by atoms with Crippen molar-refractivity contribution in [3.8, 4) is 0 Å². The zero-order chi connectivity index (χ0) is 62.6. The Morgan fingerprint density at radius 3 is 0.978 bits per heavy atom. The third kappa shape index (κ3) is 13.6. The standard InChI is InChI=1S/2C17H21FN2O.2C17H23N3O3S/c2*18-14-8-13(14)12-6-7-20-10-19-9-15(20)16(12)17(21)11-4-2-1-3-5-11;2*1-24(22,23)20-7-2-3-13(10-20)17(21)16-14(12-4-5-12)6-8-19-11-18-9-15(16)19/h2*6-7,9-11,13-14,17,21H,1-5,8H2;2*6,8-9,11-13,17,21H,2-5,7,10H2,1H3/t2*13-,14+,17?;;/m11../s1. The first-order chi connectivity index (χ1) is 43.4. The Morgan fingerprint density at radius 2 is 0.689 bits per heavy atom. The van der Waals surface area contributed by atoms with Crippen LogP contribution in [0.4, 0.5) is 8.78 Å². The molecule has 18 nitrogen and oxygen atoms in total. The first-order valence-electron chi connectivity index (χ1n) is 33.1. The summed E-state index contributed by atoms with van der Waals surface area (Å²) in [6, 6.07) is 8.12. The van der Waals surface area contributed by atoms with Crippen molar-refractivity contribution in [2.45, 2.75) is 189 Å². The molecule has 6 aliphatic carbocycles. The molecule has 2 saturated heterocycles. The van der Waals surface area contributed by atoms with Gasteiger partial charge in [0.15, 0.2) is 0 Å². The fourth-order valence-corrected chi connectivity index (χ4v) is 17.3. The van der Waals surface area contributed by atoms with E-state index in [0.29, 0.717) is 62.7 Å². The first kappa shape index (κ1) is 63.1. The lowest BCUT2D eigenvalue weighted by Crippen LogP contribution is -2.41. The van der Waals surface area contributed by atoms with Gasteiger partial charge in [0.1, 0.15) is 12.3 Å². The second-order valence-electron chi connectivity index (χ2n) is 27.4. The summed E-state index contributed by atoms with van der Waals surface area (Å²) in [6.45, 7) is 1.88. The van der Waals surface area contributed by atoms with Gasteiger partial charge in [-0.2, -0.15) is 0 Å². The molecule has 2 aliphatic heterocycles. The van der Waals surface area contributed by atoms with Gasteiger partial charge in [-0.05, 0) is 160 Å². The minimum Gasteiger partial charge on any atom is -0.388 e. The number of halogens is 2. The monoisotopic (exact) mass is 1270 g/mol. The Bertz CT molecular complexity index is 3780. The summed E-state index contributed by atoms with van der Waals surface area (Å²) in [5.41, 5.74) is 11.9. The van der Waals surface area contributed by atoms with E-state index < -0.39 is 56.8 Å². The number of alkyl halides is 2. The van der Waals surface area contributed by atoms with E-state index in [2.05, 4.69) is 32.1 Å². The van der Waals surface area contributed by atoms with Crippen LogP contribution in [0, 0.1) is 23.7 Å². The predicted molar refractivity (Wildman–Crippen MR) is 340 cm³/mol. The number of nitrogens with zero attached hydrogens (tertiary/aromatic N) is 10. The Labute approximate surface area is 526 Å². The van der Waals surface area contributed by atoms with Crippen molar-refractivity contribution in [2.24, 2.45) is 23.7 Å². The fraction of sp³-hybridized carbons (Fsp3) is 0.588. The minimum absolute atomic E-state index is 0.0295. The van der Waals surface area contributed by atoms with Gasteiger partial charge in [0, 0.05) is 96.9 Å². The SMILES string of the molecule is CS(=O)(=O)N1CCCC(C(O)c2c(C3CC3)ccn3cncc23)C1.CS(=O)(=O)N1CCCC(C(O)c2c(C3CC3)ccn3cncc23)C1.OC(c1c([C@H]2C[C@@H]2F)ccn2cncc12)C1CCCCC1.OC(c1c([C@H]2C[C@@H]2F)ccn2cncc12)C1CCCCC1. The number of aliphatic hydroxyl groups excluding tert-OH is 4. The molecule has 10 heterocycles. The van der Waals surface area contributed by atoms with Gasteiger partial charge < -0.3 is 38.0 Å². The number of piperidine rings is 2. The fourth-order valence-electron chi connectivity index (χ4n) is 15.4. The van der Waals surface area contributed by atoms with Crippen LogP contribution >= 0.6 is 0 Å². The van der Waals surface area contributed by atoms with Crippen molar-refractivity contribution in [1.29, 1.82) is 0 Å². The Kier molecular flexibility index (Phi) is 18.5. The van der Waals surface area contributed by atoms with Crippen LogP contribution in [0.15, 0.2) is 99.1 Å². The van der Waals surface area contributed by atoms with Gasteiger partial charge in [-0.25, -0.2) is 54.2 Å². The summed E-state index contributed by atoms with van der Waals surface area (Å²) in [7, 11) is -6.43. The molecule has 8 aromatic rings. The first-order valence-corrected chi connectivity index (χ1v) is 36.8. The molecule has 0 aromatic carbocycles. The van der Waals surface area contributed by atoms with Crippen LogP contribution in [0.3, 0.4) is 0 Å². The van der Waals surface area contributed by atoms with Crippen molar-refractivity contribution >= 4 is 42.1 Å². The van der Waals surface area contributed by atoms with Gasteiger partial charge in [0.05, 0.1) is 109 Å². The molecule has 0 radical (unpaired) electrons. The van der Waals surface area contributed by atoms with Crippen LogP contribution < -0.4 is 0 Å². The average Bonchev–Trinajstić information content (AvgIpc) is 1.69. The summed E-state index contributed by atoms with van der Waals surface area (Å²) in [5, 5.41) is 44.2. The Hall–Kier alpha value is -5.72. The molecule has 6 unspecified atom stereocenters. The Morgan fingerprint density at radius 1 is 0.411 bits per heavy atom. The zero-order valence-corrected chi connectivity index (χ0v) is 53.4. The number of rotatable bonds is 14. The van der Waals surface area contributed by atoms with Crippen molar-refractivity contribution in [1.82, 2.24) is 46.1 Å². The smallest absolute Gasteiger partial charge is 0.211 e. The van der Waals surface area contributed by atoms with Crippen molar-refractivity contribution in [2.75, 3.05) is 38.7 Å². The summed E-state index contributed by atoms with van der Waals surface area (Å²) >= 11 is 0. The number of aromatic nitrogens is 8. The number of sulfonamides is 2. The molecule has 16 rings (SSSR count). The van der Waals surface area contributed by atoms with Crippen LogP contribution in [0.25, 0.3) is 22.1 Å². The van der Waals surface area contributed by atoms with Gasteiger partial charge >= 0.3 is 0 Å². The number of imidazole rings is 4. The molecular weight excluding hydrogens is 1190 g/mol. The molecule has 8 fully saturated rings. The quantitative estimate of drug-likeness (QED) is 0.0798. The molecule has 90 heavy (non-hydrogen) atoms. The van der Waals surface area contributed by atoms with Crippen LogP contribution in [0.1, 0.15) is 221 Å². The van der Waals surface area contributed by atoms with Gasteiger partial charge in [0.25, 0.3) is 0 Å². The topological polar surface area (TPSA) is 225 Å². The van der Waals surface area contributed by atoms with Crippen LogP contribution in [-0.4, -0.2) is 134 Å². The highest BCUT2D eigenvalue weighted by atomic mass is 32.2. The second kappa shape index (κ2) is 26.3. The highest BCUT2D eigenvalue weighted by molar-refractivity contribution is 7.88. The lowest BCUT2D eigenvalue weighted by molar-refractivity contribution is 0.0737. The maximum atomic E-state index is 13.6. The molecule has 6 saturated carbocycles. The number of hydrogen-bond donors (Lipinski definition) is 4. The largest absolute Gasteiger partial charge is 0.388 e. The Balaban J connectivity index is 0.000000110. The molecule has 4 N–H and O–H groups in total. The third-order valence-electron chi connectivity index (χ3n) is 21.0. The van der Waals surface area contributed by atoms with Crippen LogP contribution in [-0.2, 0) is 20.0 Å². The zero-order valence-electron chi connectivity index (χ0n) is 51.8. The van der Waals surface area contributed by atoms with E-state index in [1.54, 1.807) is 50.1 Å². The van der Waals surface area contributed by atoms with E-state index in [4.69, 9.17) is 0 Å². The molecule has 484 valence electrons. The molecular formula is C68H88F2N10O8S2. The normalized spacial score (nSPS) is 26.0. The van der Waals surface area contributed by atoms with Crippen LogP contribution in [0.2, 0.25) is 0 Å². The maximum absolute atomic E-state index is 13.6. The average molecular weight is 1280 g/mol. The lowest BCUT2D eigenvalue weighted by atomic mass is 9.81. The van der Waals surface area contributed by atoms with E-state index in [1.165, 1.54) is 70.8 Å². The minimum atomic E-state index is -3.22. The predicted octanol–water partition coefficient (Wildman–Crippen LogP) is 11.4. The van der Waals surface area contributed by atoms with Gasteiger partial charge in [-0.1, -0.05) is 38.5 Å². The summed E-state index contributed by atoms with van der Waals surface area (Å²) in [4.78, 5) is 16.8. The van der Waals surface area contributed by atoms with Gasteiger partial charge in [-0.3, -0.25) is 0 Å². The third-order valence-corrected chi connectivity index (χ3v) is 23.5. The van der Waals surface area contributed by atoms with E-state index >= 15 is 0 Å². The summed E-state index contributed by atoms with van der Waals surface area (Å²) in [6.07, 6.45) is 41.3. The van der Waals surface area contributed by atoms with Gasteiger partial charge in [-0.15, -0.1) is 0 Å². The molecule has 0 spiro atoms. The molecule has 22 heteroatoms. The molecule has 8 aliphatic rings. The summed E-state index contributed by atoms with van der Waals surface area (Å²) < 4.78 is 85.4.